The number of hydrogen-bond acceptors (Lipinski definition) is 3. The number of nitrogens with one attached hydrogen (secondary N) is 1. The molecular weight excluding hydrogens is 413 g/mol. The Morgan fingerprint density at radius 2 is 0.960 bits per heavy atom. The molecule has 0 fully saturated rings. The topological polar surface area (TPSA) is 64.1 Å². The molecule has 0 radical (unpaired) electrons. The average molecular weight is 423 g/mol. The van der Waals surface area contributed by atoms with Crippen molar-refractivity contribution in [3.05, 3.63) is 0 Å². The highest BCUT2D eigenvalue weighted by Gasteiger charge is 2.91. The molecule has 0 aromatic rings. The van der Waals surface area contributed by atoms with E-state index in [4.69, 9.17) is 10.8 Å². The normalized spacial score (nSPS) is 16.3. The molecule has 3 nitrogen and oxygen atoms in total. The van der Waals surface area contributed by atoms with E-state index in [0.717, 1.165) is 6.92 Å². The van der Waals surface area contributed by atoms with E-state index in [9.17, 15) is 57.1 Å². The van der Waals surface area contributed by atoms with Gasteiger partial charge in [-0.2, -0.15) is 57.1 Å². The molecule has 0 aromatic carbocycles. The van der Waals surface area contributed by atoms with Crippen molar-refractivity contribution in [2.75, 3.05) is 0 Å². The molecule has 0 aliphatic carbocycles. The van der Waals surface area contributed by atoms with Crippen LogP contribution in [0.2, 0.25) is 6.04 Å². The zero-order valence-electron chi connectivity index (χ0n) is 11.8. The van der Waals surface area contributed by atoms with Crippen molar-refractivity contribution in [1.82, 2.24) is 4.98 Å². The summed E-state index contributed by atoms with van der Waals surface area (Å²) >= 11 is 0. The summed E-state index contributed by atoms with van der Waals surface area (Å²) in [5.41, 5.74) is 0. The lowest BCUT2D eigenvalue weighted by Crippen LogP contribution is -2.79. The molecule has 0 aliphatic heterocycles. The van der Waals surface area contributed by atoms with Gasteiger partial charge in [0.05, 0.1) is 0 Å². The van der Waals surface area contributed by atoms with Crippen LogP contribution in [-0.2, 0) is 0 Å². The number of rotatable bonds is 7. The predicted molar refractivity (Wildman–Crippen MR) is 58.5 cm³/mol. The molecule has 17 heteroatoms. The van der Waals surface area contributed by atoms with Crippen LogP contribution in [0.5, 0.6) is 0 Å². The first-order valence-electron chi connectivity index (χ1n) is 5.84. The molecule has 0 spiro atoms. The quantitative estimate of drug-likeness (QED) is 0.335. The largest absolute Gasteiger partial charge is 0.460 e. The maximum Gasteiger partial charge on any atom is 0.460 e. The van der Waals surface area contributed by atoms with Crippen LogP contribution in [0.4, 0.5) is 57.1 Å². The van der Waals surface area contributed by atoms with Crippen LogP contribution in [-0.4, -0.2) is 44.5 Å². The number of hydrogen-bond donors (Lipinski definition) is 3. The Balaban J connectivity index is 6.21. The van der Waals surface area contributed by atoms with Crippen LogP contribution < -0.4 is 15.8 Å². The van der Waals surface area contributed by atoms with Gasteiger partial charge < -0.3 is 10.8 Å². The van der Waals surface area contributed by atoms with Gasteiger partial charge in [0.25, 0.3) is 8.56 Å². The van der Waals surface area contributed by atoms with E-state index in [1.54, 1.807) is 0 Å². The summed E-state index contributed by atoms with van der Waals surface area (Å²) in [7, 11) is -4.61. The highest BCUT2D eigenvalue weighted by atomic mass is 28.4. The zero-order valence-corrected chi connectivity index (χ0v) is 12.8. The summed E-state index contributed by atoms with van der Waals surface area (Å²) in [6.07, 6.45) is -7.44. The standard InChI is InChI=1S/C8H10F13N3Si/c1-2-25(22,23)24-8(20,21)6(15,16)4(11,12)3(9,10)5(13,14)7(17,18)19/h24H,2,22-23H2,1H3. The van der Waals surface area contributed by atoms with Crippen LogP contribution in [0.25, 0.3) is 0 Å². The lowest BCUT2D eigenvalue weighted by atomic mass is 9.97. The van der Waals surface area contributed by atoms with Crippen molar-refractivity contribution in [2.24, 2.45) is 10.8 Å². The summed E-state index contributed by atoms with van der Waals surface area (Å²) in [6.45, 7) is 0.901. The summed E-state index contributed by atoms with van der Waals surface area (Å²) in [6, 6.07) is -7.19. The Kier molecular flexibility index (Phi) is 5.92. The molecule has 0 heterocycles. The summed E-state index contributed by atoms with van der Waals surface area (Å²) in [5.74, 6) is -31.0. The monoisotopic (exact) mass is 423 g/mol. The molecule has 5 N–H and O–H groups in total. The van der Waals surface area contributed by atoms with Crippen LogP contribution in [0.15, 0.2) is 0 Å². The average Bonchev–Trinajstić information content (AvgIpc) is 2.35. The van der Waals surface area contributed by atoms with Gasteiger partial charge in [-0.05, 0) is 6.04 Å². The second kappa shape index (κ2) is 6.12. The van der Waals surface area contributed by atoms with E-state index in [-0.39, 0.29) is 4.98 Å². The molecule has 0 unspecified atom stereocenters. The van der Waals surface area contributed by atoms with Gasteiger partial charge in [-0.25, -0.2) is 4.98 Å². The van der Waals surface area contributed by atoms with Crippen molar-refractivity contribution in [1.29, 1.82) is 0 Å². The summed E-state index contributed by atoms with van der Waals surface area (Å²) < 4.78 is 166. The van der Waals surface area contributed by atoms with Crippen molar-refractivity contribution in [2.45, 2.75) is 48.9 Å². The summed E-state index contributed by atoms with van der Waals surface area (Å²) in [5, 5.41) is 9.68. The third kappa shape index (κ3) is 3.68. The van der Waals surface area contributed by atoms with Crippen LogP contribution >= 0.6 is 0 Å². The van der Waals surface area contributed by atoms with Crippen LogP contribution in [0.3, 0.4) is 0 Å². The van der Waals surface area contributed by atoms with Gasteiger partial charge in [0, 0.05) is 0 Å². The first-order chi connectivity index (χ1) is 10.5. The van der Waals surface area contributed by atoms with Gasteiger partial charge >= 0.3 is 35.9 Å². The predicted octanol–water partition coefficient (Wildman–Crippen LogP) is 3.15. The van der Waals surface area contributed by atoms with Crippen LogP contribution in [0.1, 0.15) is 6.92 Å². The molecule has 0 aliphatic rings. The zero-order chi connectivity index (χ0) is 20.9. The number of alkyl halides is 13. The number of halogens is 13. The SMILES string of the molecule is CC[Si](N)(N)NC(F)(F)C(F)(F)C(F)(F)C(F)(F)C(F)(F)C(F)(F)F. The lowest BCUT2D eigenvalue weighted by molar-refractivity contribution is -0.441. The summed E-state index contributed by atoms with van der Waals surface area (Å²) in [4.78, 5) is 0.263. The van der Waals surface area contributed by atoms with Crippen LogP contribution in [0, 0.1) is 0 Å². The van der Waals surface area contributed by atoms with Crippen molar-refractivity contribution in [3.63, 3.8) is 0 Å². The van der Waals surface area contributed by atoms with Gasteiger partial charge in [0.1, 0.15) is 0 Å². The van der Waals surface area contributed by atoms with Gasteiger partial charge in [-0.3, -0.25) is 0 Å². The second-order valence-corrected chi connectivity index (χ2v) is 7.93. The Morgan fingerprint density at radius 1 is 0.640 bits per heavy atom. The van der Waals surface area contributed by atoms with E-state index in [0.29, 0.717) is 0 Å². The molecule has 0 saturated heterocycles. The van der Waals surface area contributed by atoms with Crippen molar-refractivity contribution >= 4 is 8.56 Å². The van der Waals surface area contributed by atoms with Gasteiger partial charge in [-0.1, -0.05) is 6.92 Å². The molecule has 0 aromatic heterocycles. The minimum atomic E-state index is -7.94. The minimum absolute atomic E-state index is 0.263. The molecule has 0 rings (SSSR count). The Labute approximate surface area is 131 Å². The fraction of sp³-hybridized carbons (Fsp3) is 1.00. The molecule has 0 amide bonds. The molecule has 0 bridgehead atoms. The van der Waals surface area contributed by atoms with E-state index < -0.39 is 50.5 Å². The molecular formula is C8H10F13N3Si. The Morgan fingerprint density at radius 3 is 1.24 bits per heavy atom. The Bertz CT molecular complexity index is 486. The highest BCUT2D eigenvalue weighted by Crippen LogP contribution is 2.59. The van der Waals surface area contributed by atoms with Gasteiger partial charge in [-0.15, -0.1) is 0 Å². The fourth-order valence-electron chi connectivity index (χ4n) is 1.23. The minimum Gasteiger partial charge on any atom is -0.327 e. The van der Waals surface area contributed by atoms with E-state index >= 15 is 0 Å². The molecule has 152 valence electrons. The van der Waals surface area contributed by atoms with Crippen molar-refractivity contribution in [3.8, 4) is 0 Å². The first-order valence-corrected chi connectivity index (χ1v) is 8.21. The maximum absolute atomic E-state index is 13.3. The molecule has 25 heavy (non-hydrogen) atoms. The Hall–Kier alpha value is -0.813. The smallest absolute Gasteiger partial charge is 0.327 e. The van der Waals surface area contributed by atoms with Gasteiger partial charge in [0.2, 0.25) is 0 Å². The van der Waals surface area contributed by atoms with Crippen molar-refractivity contribution < 1.29 is 57.1 Å². The second-order valence-electron chi connectivity index (χ2n) is 4.89. The first kappa shape index (κ1) is 24.2. The highest BCUT2D eigenvalue weighted by molar-refractivity contribution is 6.71. The molecule has 0 saturated carbocycles. The number of nitrogens with two attached hydrogens (primary N) is 2. The van der Waals surface area contributed by atoms with Gasteiger partial charge in [0.15, 0.2) is 0 Å². The van der Waals surface area contributed by atoms with E-state index in [1.165, 1.54) is 0 Å². The fourth-order valence-corrected chi connectivity index (χ4v) is 2.15. The van der Waals surface area contributed by atoms with E-state index in [2.05, 4.69) is 0 Å². The third-order valence-corrected chi connectivity index (χ3v) is 4.86. The third-order valence-electron chi connectivity index (χ3n) is 2.91. The molecule has 0 atom stereocenters. The van der Waals surface area contributed by atoms with E-state index in [1.807, 2.05) is 0 Å². The maximum atomic E-state index is 13.3. The lowest BCUT2D eigenvalue weighted by Gasteiger charge is -2.41.